The Labute approximate surface area is 186 Å². The lowest BCUT2D eigenvalue weighted by molar-refractivity contribution is -0.0179. The van der Waals surface area contributed by atoms with E-state index in [0.717, 1.165) is 51.9 Å². The van der Waals surface area contributed by atoms with Crippen LogP contribution in [0.25, 0.3) is 0 Å². The molecule has 28 heavy (non-hydrogen) atoms. The van der Waals surface area contributed by atoms with Crippen molar-refractivity contribution in [2.45, 2.75) is 19.4 Å². The minimum atomic E-state index is -0.861. The maximum absolute atomic E-state index is 10.7. The zero-order valence-electron chi connectivity index (χ0n) is 17.4. The predicted octanol–water partition coefficient (Wildman–Crippen LogP) is 1.38. The fourth-order valence-corrected chi connectivity index (χ4v) is 3.04. The lowest BCUT2D eigenvalue weighted by Crippen LogP contribution is -2.48. The van der Waals surface area contributed by atoms with Crippen LogP contribution in [-0.2, 0) is 4.74 Å². The van der Waals surface area contributed by atoms with Gasteiger partial charge in [-0.3, -0.25) is 9.89 Å². The number of guanidine groups is 1. The molecule has 1 atom stereocenters. The number of morpholine rings is 1. The quantitative estimate of drug-likeness (QED) is 0.268. The SMILES string of the molecule is CCNC(=NCC(C)(O)CN1CCOCC1)NCCN(C)c1ccccc1.I. The van der Waals surface area contributed by atoms with E-state index in [1.807, 2.05) is 32.0 Å². The molecule has 1 unspecified atom stereocenters. The molecule has 0 saturated carbocycles. The second kappa shape index (κ2) is 13.2. The van der Waals surface area contributed by atoms with Gasteiger partial charge in [0.25, 0.3) is 0 Å². The van der Waals surface area contributed by atoms with Crippen molar-refractivity contribution < 1.29 is 9.84 Å². The van der Waals surface area contributed by atoms with Crippen molar-refractivity contribution in [3.05, 3.63) is 30.3 Å². The Hall–Kier alpha value is -1.10. The largest absolute Gasteiger partial charge is 0.387 e. The van der Waals surface area contributed by atoms with Gasteiger partial charge in [0.05, 0.1) is 25.4 Å². The molecule has 1 heterocycles. The molecule has 160 valence electrons. The molecule has 0 aromatic heterocycles. The van der Waals surface area contributed by atoms with E-state index in [1.54, 1.807) is 0 Å². The second-order valence-corrected chi connectivity index (χ2v) is 7.26. The van der Waals surface area contributed by atoms with Gasteiger partial charge in [-0.05, 0) is 26.0 Å². The molecule has 1 aromatic carbocycles. The number of aliphatic hydroxyl groups is 1. The van der Waals surface area contributed by atoms with Gasteiger partial charge in [0.2, 0.25) is 0 Å². The molecule has 8 heteroatoms. The molecular formula is C20H36IN5O2. The molecule has 0 aliphatic carbocycles. The molecular weight excluding hydrogens is 469 g/mol. The first-order valence-corrected chi connectivity index (χ1v) is 9.81. The highest BCUT2D eigenvalue weighted by atomic mass is 127. The summed E-state index contributed by atoms with van der Waals surface area (Å²) in [6.45, 7) is 10.5. The van der Waals surface area contributed by atoms with Crippen molar-refractivity contribution in [1.82, 2.24) is 15.5 Å². The lowest BCUT2D eigenvalue weighted by atomic mass is 10.1. The smallest absolute Gasteiger partial charge is 0.191 e. The predicted molar refractivity (Wildman–Crippen MR) is 127 cm³/mol. The molecule has 0 amide bonds. The highest BCUT2D eigenvalue weighted by molar-refractivity contribution is 14.0. The third kappa shape index (κ3) is 9.40. The fourth-order valence-electron chi connectivity index (χ4n) is 3.04. The van der Waals surface area contributed by atoms with Crippen LogP contribution in [0.3, 0.4) is 0 Å². The molecule has 3 N–H and O–H groups in total. The Morgan fingerprint density at radius 3 is 2.57 bits per heavy atom. The van der Waals surface area contributed by atoms with Crippen molar-refractivity contribution >= 4 is 35.6 Å². The number of aliphatic imine (C=N–C) groups is 1. The number of nitrogens with one attached hydrogen (secondary N) is 2. The number of ether oxygens (including phenoxy) is 1. The van der Waals surface area contributed by atoms with Crippen LogP contribution in [0.15, 0.2) is 35.3 Å². The highest BCUT2D eigenvalue weighted by Crippen LogP contribution is 2.10. The average Bonchev–Trinajstić information content (AvgIpc) is 2.67. The van der Waals surface area contributed by atoms with Gasteiger partial charge in [0, 0.05) is 52.0 Å². The van der Waals surface area contributed by atoms with E-state index < -0.39 is 5.60 Å². The summed E-state index contributed by atoms with van der Waals surface area (Å²) in [6.07, 6.45) is 0. The van der Waals surface area contributed by atoms with Crippen molar-refractivity contribution in [2.75, 3.05) is 71.0 Å². The number of hydrogen-bond acceptors (Lipinski definition) is 5. The van der Waals surface area contributed by atoms with Gasteiger partial charge >= 0.3 is 0 Å². The topological polar surface area (TPSA) is 72.4 Å². The molecule has 2 rings (SSSR count). The maximum Gasteiger partial charge on any atom is 0.191 e. The van der Waals surface area contributed by atoms with Crippen molar-refractivity contribution in [3.63, 3.8) is 0 Å². The van der Waals surface area contributed by atoms with Crippen LogP contribution in [-0.4, -0.2) is 87.6 Å². The summed E-state index contributed by atoms with van der Waals surface area (Å²) in [4.78, 5) is 9.02. The van der Waals surface area contributed by atoms with E-state index in [1.165, 1.54) is 5.69 Å². The molecule has 1 aliphatic heterocycles. The summed E-state index contributed by atoms with van der Waals surface area (Å²) in [5, 5.41) is 17.3. The number of rotatable bonds is 9. The fraction of sp³-hybridized carbons (Fsp3) is 0.650. The molecule has 0 bridgehead atoms. The number of hydrogen-bond donors (Lipinski definition) is 3. The average molecular weight is 505 g/mol. The lowest BCUT2D eigenvalue weighted by Gasteiger charge is -2.33. The third-order valence-electron chi connectivity index (χ3n) is 4.53. The molecule has 1 saturated heterocycles. The van der Waals surface area contributed by atoms with E-state index in [2.05, 4.69) is 44.6 Å². The minimum absolute atomic E-state index is 0. The van der Waals surface area contributed by atoms with Gasteiger partial charge in [-0.15, -0.1) is 24.0 Å². The Bertz CT molecular complexity index is 565. The van der Waals surface area contributed by atoms with Crippen LogP contribution in [0, 0.1) is 0 Å². The van der Waals surface area contributed by atoms with Crippen LogP contribution in [0.1, 0.15) is 13.8 Å². The van der Waals surface area contributed by atoms with Gasteiger partial charge in [0.1, 0.15) is 0 Å². The Morgan fingerprint density at radius 2 is 1.93 bits per heavy atom. The van der Waals surface area contributed by atoms with E-state index in [-0.39, 0.29) is 24.0 Å². The van der Waals surface area contributed by atoms with Crippen molar-refractivity contribution in [1.29, 1.82) is 0 Å². The van der Waals surface area contributed by atoms with Crippen LogP contribution < -0.4 is 15.5 Å². The van der Waals surface area contributed by atoms with Crippen LogP contribution in [0.5, 0.6) is 0 Å². The zero-order chi connectivity index (χ0) is 19.5. The molecule has 1 aromatic rings. The Kier molecular flexibility index (Phi) is 11.7. The standard InChI is InChI=1S/C20H35N5O2.HI/c1-4-21-19(22-10-11-24(3)18-8-6-5-7-9-18)23-16-20(2,26)17-25-12-14-27-15-13-25;/h5-9,26H,4,10-17H2,1-3H3,(H2,21,22,23);1H. The van der Waals surface area contributed by atoms with Crippen molar-refractivity contribution in [2.24, 2.45) is 4.99 Å². The number of anilines is 1. The van der Waals surface area contributed by atoms with Gasteiger partial charge < -0.3 is 25.4 Å². The van der Waals surface area contributed by atoms with E-state index in [9.17, 15) is 5.11 Å². The zero-order valence-corrected chi connectivity index (χ0v) is 19.7. The van der Waals surface area contributed by atoms with Gasteiger partial charge in [0.15, 0.2) is 5.96 Å². The summed E-state index contributed by atoms with van der Waals surface area (Å²) in [7, 11) is 2.08. The number of likely N-dealkylation sites (N-methyl/N-ethyl adjacent to an activating group) is 1. The summed E-state index contributed by atoms with van der Waals surface area (Å²) in [6, 6.07) is 10.3. The molecule has 0 spiro atoms. The molecule has 1 aliphatic rings. The summed E-state index contributed by atoms with van der Waals surface area (Å²) < 4.78 is 5.37. The first-order valence-electron chi connectivity index (χ1n) is 9.81. The molecule has 7 nitrogen and oxygen atoms in total. The highest BCUT2D eigenvalue weighted by Gasteiger charge is 2.25. The maximum atomic E-state index is 10.7. The summed E-state index contributed by atoms with van der Waals surface area (Å²) in [5.74, 6) is 0.737. The number of halogens is 1. The van der Waals surface area contributed by atoms with E-state index >= 15 is 0 Å². The first-order chi connectivity index (χ1) is 13.0. The third-order valence-corrected chi connectivity index (χ3v) is 4.53. The molecule has 0 radical (unpaired) electrons. The van der Waals surface area contributed by atoms with Gasteiger partial charge in [-0.1, -0.05) is 18.2 Å². The van der Waals surface area contributed by atoms with Gasteiger partial charge in [-0.25, -0.2) is 0 Å². The number of nitrogens with zero attached hydrogens (tertiary/aromatic N) is 3. The van der Waals surface area contributed by atoms with E-state index in [4.69, 9.17) is 4.74 Å². The number of benzene rings is 1. The second-order valence-electron chi connectivity index (χ2n) is 7.26. The summed E-state index contributed by atoms with van der Waals surface area (Å²) >= 11 is 0. The number of para-hydroxylation sites is 1. The number of β-amino-alcohol motifs (C(OH)–C–C–N with tert-alkyl or cyclic N) is 1. The minimum Gasteiger partial charge on any atom is -0.387 e. The van der Waals surface area contributed by atoms with Crippen LogP contribution in [0.2, 0.25) is 0 Å². The monoisotopic (exact) mass is 505 g/mol. The van der Waals surface area contributed by atoms with Crippen LogP contribution >= 0.6 is 24.0 Å². The van der Waals surface area contributed by atoms with Crippen LogP contribution in [0.4, 0.5) is 5.69 Å². The van der Waals surface area contributed by atoms with Crippen molar-refractivity contribution in [3.8, 4) is 0 Å². The normalized spacial score (nSPS) is 17.4. The molecule has 1 fully saturated rings. The Morgan fingerprint density at radius 1 is 1.25 bits per heavy atom. The van der Waals surface area contributed by atoms with Gasteiger partial charge in [-0.2, -0.15) is 0 Å². The Balaban J connectivity index is 0.00000392. The first kappa shape index (κ1) is 24.9. The summed E-state index contributed by atoms with van der Waals surface area (Å²) in [5.41, 5.74) is 0.329. The van der Waals surface area contributed by atoms with E-state index in [0.29, 0.717) is 13.1 Å².